The number of hydrogen-bond donors (Lipinski definition) is 1. The second-order valence-corrected chi connectivity index (χ2v) is 10.6. The Balaban J connectivity index is 1.23. The number of nitrogens with one attached hydrogen (secondary N) is 1. The summed E-state index contributed by atoms with van der Waals surface area (Å²) in [5.41, 5.74) is 5.27. The monoisotopic (exact) mass is 573 g/mol. The first-order chi connectivity index (χ1) is 17.7. The van der Waals surface area contributed by atoms with Crippen molar-refractivity contribution in [2.75, 3.05) is 11.1 Å². The SMILES string of the molecule is O=C(CCSc1nnc(-c2ccccc2)c(-c2ccccc2)n1)Nc1nc(-c2ccc(Br)cc2)cs1. The van der Waals surface area contributed by atoms with Crippen LogP contribution < -0.4 is 5.32 Å². The Morgan fingerprint density at radius 1 is 0.806 bits per heavy atom. The van der Waals surface area contributed by atoms with E-state index in [4.69, 9.17) is 4.98 Å². The number of nitrogens with zero attached hydrogens (tertiary/aromatic N) is 4. The van der Waals surface area contributed by atoms with Gasteiger partial charge >= 0.3 is 0 Å². The lowest BCUT2D eigenvalue weighted by Crippen LogP contribution is -2.12. The Hall–Kier alpha value is -3.40. The van der Waals surface area contributed by atoms with Gasteiger partial charge in [0.1, 0.15) is 11.4 Å². The number of hydrogen-bond acceptors (Lipinski definition) is 7. The molecule has 0 saturated carbocycles. The molecular weight excluding hydrogens is 554 g/mol. The minimum absolute atomic E-state index is 0.101. The first-order valence-corrected chi connectivity index (χ1v) is 13.8. The van der Waals surface area contributed by atoms with E-state index in [0.29, 0.717) is 22.5 Å². The number of carbonyl (C=O) groups is 1. The Kier molecular flexibility index (Phi) is 7.80. The van der Waals surface area contributed by atoms with Gasteiger partial charge in [-0.1, -0.05) is 100 Å². The molecule has 0 unspecified atom stereocenters. The van der Waals surface area contributed by atoms with Gasteiger partial charge in [0, 0.05) is 38.7 Å². The molecule has 9 heteroatoms. The van der Waals surface area contributed by atoms with Gasteiger partial charge in [-0.25, -0.2) is 9.97 Å². The van der Waals surface area contributed by atoms with Gasteiger partial charge in [0.15, 0.2) is 5.13 Å². The molecule has 0 saturated heterocycles. The molecule has 2 heterocycles. The fourth-order valence-electron chi connectivity index (χ4n) is 3.46. The summed E-state index contributed by atoms with van der Waals surface area (Å²) in [5, 5.41) is 14.7. The van der Waals surface area contributed by atoms with Crippen molar-refractivity contribution >= 4 is 50.1 Å². The molecule has 0 aliphatic heterocycles. The van der Waals surface area contributed by atoms with E-state index in [1.54, 1.807) is 0 Å². The van der Waals surface area contributed by atoms with Crippen molar-refractivity contribution in [3.05, 3.63) is 94.8 Å². The van der Waals surface area contributed by atoms with E-state index in [0.717, 1.165) is 38.2 Å². The number of thiazole rings is 1. The molecule has 0 atom stereocenters. The van der Waals surface area contributed by atoms with Crippen LogP contribution in [0.15, 0.2) is 99.9 Å². The van der Waals surface area contributed by atoms with Crippen LogP contribution >= 0.6 is 39.0 Å². The average Bonchev–Trinajstić information content (AvgIpc) is 3.38. The minimum Gasteiger partial charge on any atom is -0.302 e. The summed E-state index contributed by atoms with van der Waals surface area (Å²) < 4.78 is 1.01. The Bertz CT molecular complexity index is 1460. The normalized spacial score (nSPS) is 10.8. The maximum Gasteiger partial charge on any atom is 0.226 e. The zero-order chi connectivity index (χ0) is 24.7. The first kappa shape index (κ1) is 24.3. The largest absolute Gasteiger partial charge is 0.302 e. The lowest BCUT2D eigenvalue weighted by atomic mass is 10.0. The maximum absolute atomic E-state index is 12.5. The number of rotatable bonds is 8. The highest BCUT2D eigenvalue weighted by Crippen LogP contribution is 2.30. The second kappa shape index (κ2) is 11.6. The van der Waals surface area contributed by atoms with E-state index < -0.39 is 0 Å². The molecular formula is C27H20BrN5OS2. The first-order valence-electron chi connectivity index (χ1n) is 11.2. The average molecular weight is 575 g/mol. The van der Waals surface area contributed by atoms with Crippen LogP contribution in [0.1, 0.15) is 6.42 Å². The quantitative estimate of drug-likeness (QED) is 0.197. The minimum atomic E-state index is -0.101. The summed E-state index contributed by atoms with van der Waals surface area (Å²) in [6, 6.07) is 27.8. The standard InChI is InChI=1S/C27H20BrN5OS2/c28-21-13-11-18(12-14-21)22-17-36-26(29-22)30-23(34)15-16-35-27-31-24(19-7-3-1-4-8-19)25(32-33-27)20-9-5-2-6-10-20/h1-14,17H,15-16H2,(H,29,30,34). The van der Waals surface area contributed by atoms with Crippen LogP contribution in [0.3, 0.4) is 0 Å². The third-order valence-corrected chi connectivity index (χ3v) is 7.34. The zero-order valence-electron chi connectivity index (χ0n) is 19.0. The van der Waals surface area contributed by atoms with E-state index in [2.05, 4.69) is 36.4 Å². The van der Waals surface area contributed by atoms with Crippen LogP contribution in [0.4, 0.5) is 5.13 Å². The van der Waals surface area contributed by atoms with Crippen LogP contribution in [-0.4, -0.2) is 31.8 Å². The predicted molar refractivity (Wildman–Crippen MR) is 150 cm³/mol. The zero-order valence-corrected chi connectivity index (χ0v) is 22.2. The number of anilines is 1. The van der Waals surface area contributed by atoms with Crippen LogP contribution in [0, 0.1) is 0 Å². The smallest absolute Gasteiger partial charge is 0.226 e. The molecule has 0 aliphatic rings. The Morgan fingerprint density at radius 2 is 1.47 bits per heavy atom. The van der Waals surface area contributed by atoms with E-state index in [-0.39, 0.29) is 5.91 Å². The Morgan fingerprint density at radius 3 is 2.17 bits per heavy atom. The lowest BCUT2D eigenvalue weighted by Gasteiger charge is -2.09. The predicted octanol–water partition coefficient (Wildman–Crippen LogP) is 7.21. The summed E-state index contributed by atoms with van der Waals surface area (Å²) in [7, 11) is 0. The molecule has 0 aliphatic carbocycles. The van der Waals surface area contributed by atoms with E-state index in [9.17, 15) is 4.79 Å². The number of benzene rings is 3. The molecule has 36 heavy (non-hydrogen) atoms. The van der Waals surface area contributed by atoms with Gasteiger partial charge in [-0.3, -0.25) is 4.79 Å². The molecule has 178 valence electrons. The van der Waals surface area contributed by atoms with E-state index in [1.165, 1.54) is 23.1 Å². The molecule has 3 aromatic carbocycles. The van der Waals surface area contributed by atoms with Gasteiger partial charge in [-0.05, 0) is 12.1 Å². The fraction of sp³-hybridized carbons (Fsp3) is 0.0741. The highest BCUT2D eigenvalue weighted by atomic mass is 79.9. The molecule has 1 N–H and O–H groups in total. The van der Waals surface area contributed by atoms with Crippen molar-refractivity contribution in [1.29, 1.82) is 0 Å². The fourth-order valence-corrected chi connectivity index (χ4v) is 5.19. The summed E-state index contributed by atoms with van der Waals surface area (Å²) in [5.74, 6) is 0.425. The van der Waals surface area contributed by atoms with Crippen molar-refractivity contribution in [1.82, 2.24) is 20.2 Å². The summed E-state index contributed by atoms with van der Waals surface area (Å²) in [6.45, 7) is 0. The third-order valence-electron chi connectivity index (χ3n) is 5.21. The molecule has 2 aromatic heterocycles. The molecule has 0 fully saturated rings. The molecule has 0 spiro atoms. The van der Waals surface area contributed by atoms with Gasteiger partial charge in [0.05, 0.1) is 5.69 Å². The van der Waals surface area contributed by atoms with Gasteiger partial charge in [0.2, 0.25) is 11.1 Å². The second-order valence-electron chi connectivity index (χ2n) is 7.72. The highest BCUT2D eigenvalue weighted by Gasteiger charge is 2.14. The molecule has 1 amide bonds. The molecule has 0 bridgehead atoms. The summed E-state index contributed by atoms with van der Waals surface area (Å²) in [6.07, 6.45) is 0.308. The van der Waals surface area contributed by atoms with Crippen molar-refractivity contribution in [3.8, 4) is 33.8 Å². The third kappa shape index (κ3) is 6.04. The lowest BCUT2D eigenvalue weighted by molar-refractivity contribution is -0.115. The summed E-state index contributed by atoms with van der Waals surface area (Å²) >= 11 is 6.26. The van der Waals surface area contributed by atoms with Crippen LogP contribution in [-0.2, 0) is 4.79 Å². The van der Waals surface area contributed by atoms with Crippen LogP contribution in [0.5, 0.6) is 0 Å². The van der Waals surface area contributed by atoms with Gasteiger partial charge in [-0.15, -0.1) is 21.5 Å². The van der Waals surface area contributed by atoms with E-state index >= 15 is 0 Å². The number of thioether (sulfide) groups is 1. The van der Waals surface area contributed by atoms with Crippen molar-refractivity contribution in [3.63, 3.8) is 0 Å². The van der Waals surface area contributed by atoms with Gasteiger partial charge in [-0.2, -0.15) is 0 Å². The van der Waals surface area contributed by atoms with Crippen molar-refractivity contribution in [2.45, 2.75) is 11.6 Å². The molecule has 0 radical (unpaired) electrons. The maximum atomic E-state index is 12.5. The van der Waals surface area contributed by atoms with Crippen molar-refractivity contribution < 1.29 is 4.79 Å². The number of amides is 1. The molecule has 6 nitrogen and oxygen atoms in total. The van der Waals surface area contributed by atoms with Crippen molar-refractivity contribution in [2.24, 2.45) is 0 Å². The van der Waals surface area contributed by atoms with Crippen LogP contribution in [0.2, 0.25) is 0 Å². The highest BCUT2D eigenvalue weighted by molar-refractivity contribution is 9.10. The van der Waals surface area contributed by atoms with Crippen LogP contribution in [0.25, 0.3) is 33.8 Å². The van der Waals surface area contributed by atoms with Gasteiger partial charge < -0.3 is 5.32 Å². The number of carbonyl (C=O) groups excluding carboxylic acids is 1. The number of aromatic nitrogens is 4. The Labute approximate surface area is 225 Å². The van der Waals surface area contributed by atoms with E-state index in [1.807, 2.05) is 90.3 Å². The number of halogens is 1. The molecule has 5 rings (SSSR count). The molecule has 5 aromatic rings. The topological polar surface area (TPSA) is 80.7 Å². The van der Waals surface area contributed by atoms with Gasteiger partial charge in [0.25, 0.3) is 0 Å². The summed E-state index contributed by atoms with van der Waals surface area (Å²) in [4.78, 5) is 21.8.